The van der Waals surface area contributed by atoms with Crippen LogP contribution in [0.2, 0.25) is 0 Å². The maximum atomic E-state index is 10.5. The maximum absolute atomic E-state index is 10.5. The molecule has 3 nitrogen and oxygen atoms in total. The van der Waals surface area contributed by atoms with E-state index in [4.69, 9.17) is 9.15 Å². The van der Waals surface area contributed by atoms with Crippen LogP contribution in [0.5, 0.6) is 0 Å². The molecule has 1 saturated carbocycles. The summed E-state index contributed by atoms with van der Waals surface area (Å²) < 4.78 is 11.0. The third kappa shape index (κ3) is 2.55. The predicted octanol–water partition coefficient (Wildman–Crippen LogP) is 3.30. The van der Waals surface area contributed by atoms with E-state index >= 15 is 0 Å². The van der Waals surface area contributed by atoms with Crippen LogP contribution >= 0.6 is 0 Å². The van der Waals surface area contributed by atoms with Gasteiger partial charge in [-0.25, -0.2) is 0 Å². The summed E-state index contributed by atoms with van der Waals surface area (Å²) >= 11 is 0. The third-order valence-electron chi connectivity index (χ3n) is 3.78. The minimum Gasteiger partial charge on any atom is -0.472 e. The highest BCUT2D eigenvalue weighted by atomic mass is 16.5. The summed E-state index contributed by atoms with van der Waals surface area (Å²) in [6.07, 6.45) is 6.84. The van der Waals surface area contributed by atoms with Gasteiger partial charge < -0.3 is 14.3 Å². The van der Waals surface area contributed by atoms with Crippen molar-refractivity contribution >= 4 is 0 Å². The van der Waals surface area contributed by atoms with Gasteiger partial charge in [0.1, 0.15) is 6.10 Å². The molecule has 1 aliphatic rings. The first kappa shape index (κ1) is 12.7. The fourth-order valence-corrected chi connectivity index (χ4v) is 3.02. The van der Waals surface area contributed by atoms with Gasteiger partial charge in [0.2, 0.25) is 0 Å². The van der Waals surface area contributed by atoms with Crippen LogP contribution in [0.15, 0.2) is 23.0 Å². The number of hydrogen-bond acceptors (Lipinski definition) is 3. The van der Waals surface area contributed by atoms with Crippen LogP contribution in [-0.4, -0.2) is 17.3 Å². The zero-order valence-electron chi connectivity index (χ0n) is 10.7. The van der Waals surface area contributed by atoms with Crippen LogP contribution in [0.4, 0.5) is 0 Å². The minimum atomic E-state index is -0.580. The summed E-state index contributed by atoms with van der Waals surface area (Å²) in [5, 5.41) is 10.5. The lowest BCUT2D eigenvalue weighted by atomic mass is 9.74. The van der Waals surface area contributed by atoms with Gasteiger partial charge in [-0.2, -0.15) is 0 Å². The molecule has 0 aliphatic heterocycles. The van der Waals surface area contributed by atoms with E-state index in [1.165, 1.54) is 6.42 Å². The van der Waals surface area contributed by atoms with Crippen LogP contribution < -0.4 is 0 Å². The van der Waals surface area contributed by atoms with Gasteiger partial charge in [0, 0.05) is 12.2 Å². The molecule has 3 atom stereocenters. The summed E-state index contributed by atoms with van der Waals surface area (Å²) in [6, 6.07) is 1.82. The average molecular weight is 238 g/mol. The second-order valence-corrected chi connectivity index (χ2v) is 5.16. The Morgan fingerprint density at radius 3 is 3.06 bits per heavy atom. The van der Waals surface area contributed by atoms with E-state index in [2.05, 4.69) is 6.92 Å². The SMILES string of the molecule is CCOC1(C(O)c2ccoc2)CCCC(C)C1. The highest BCUT2D eigenvalue weighted by Crippen LogP contribution is 2.43. The molecule has 1 heterocycles. The molecule has 1 aromatic heterocycles. The van der Waals surface area contributed by atoms with Gasteiger partial charge in [0.25, 0.3) is 0 Å². The lowest BCUT2D eigenvalue weighted by Crippen LogP contribution is -2.43. The summed E-state index contributed by atoms with van der Waals surface area (Å²) in [5.74, 6) is 0.608. The van der Waals surface area contributed by atoms with Crippen LogP contribution in [0, 0.1) is 5.92 Å². The van der Waals surface area contributed by atoms with E-state index in [9.17, 15) is 5.11 Å². The Morgan fingerprint density at radius 2 is 2.47 bits per heavy atom. The van der Waals surface area contributed by atoms with Crippen molar-refractivity contribution in [3.05, 3.63) is 24.2 Å². The van der Waals surface area contributed by atoms with Crippen LogP contribution in [0.3, 0.4) is 0 Å². The molecular weight excluding hydrogens is 216 g/mol. The quantitative estimate of drug-likeness (QED) is 0.875. The number of aliphatic hydroxyl groups excluding tert-OH is 1. The molecule has 0 bridgehead atoms. The molecule has 17 heavy (non-hydrogen) atoms. The van der Waals surface area contributed by atoms with Crippen molar-refractivity contribution in [1.82, 2.24) is 0 Å². The first-order chi connectivity index (χ1) is 8.18. The van der Waals surface area contributed by atoms with Crippen molar-refractivity contribution in [3.63, 3.8) is 0 Å². The van der Waals surface area contributed by atoms with Gasteiger partial charge in [-0.1, -0.05) is 19.8 Å². The molecule has 0 saturated heterocycles. The molecule has 1 aromatic rings. The Hall–Kier alpha value is -0.800. The summed E-state index contributed by atoms with van der Waals surface area (Å²) in [7, 11) is 0. The third-order valence-corrected chi connectivity index (χ3v) is 3.78. The van der Waals surface area contributed by atoms with Gasteiger partial charge >= 0.3 is 0 Å². The van der Waals surface area contributed by atoms with Crippen molar-refractivity contribution in [2.24, 2.45) is 5.92 Å². The number of aliphatic hydroxyl groups is 1. The van der Waals surface area contributed by atoms with Gasteiger partial charge in [-0.15, -0.1) is 0 Å². The van der Waals surface area contributed by atoms with E-state index in [-0.39, 0.29) is 0 Å². The molecular formula is C14H22O3. The Balaban J connectivity index is 2.20. The smallest absolute Gasteiger partial charge is 0.111 e. The molecule has 0 amide bonds. The first-order valence-corrected chi connectivity index (χ1v) is 6.52. The molecule has 3 unspecified atom stereocenters. The topological polar surface area (TPSA) is 42.6 Å². The van der Waals surface area contributed by atoms with Gasteiger partial charge in [-0.05, 0) is 31.7 Å². The van der Waals surface area contributed by atoms with E-state index in [0.717, 1.165) is 24.8 Å². The molecule has 0 spiro atoms. The molecule has 1 N–H and O–H groups in total. The van der Waals surface area contributed by atoms with E-state index in [0.29, 0.717) is 12.5 Å². The first-order valence-electron chi connectivity index (χ1n) is 6.52. The Kier molecular flexibility index (Phi) is 3.89. The van der Waals surface area contributed by atoms with Crippen LogP contribution in [0.1, 0.15) is 51.2 Å². The maximum Gasteiger partial charge on any atom is 0.111 e. The molecule has 0 radical (unpaired) electrons. The lowest BCUT2D eigenvalue weighted by molar-refractivity contribution is -0.150. The van der Waals surface area contributed by atoms with E-state index in [1.807, 2.05) is 13.0 Å². The molecule has 2 rings (SSSR count). The number of ether oxygens (including phenoxy) is 1. The summed E-state index contributed by atoms with van der Waals surface area (Å²) in [6.45, 7) is 4.86. The van der Waals surface area contributed by atoms with Gasteiger partial charge in [-0.3, -0.25) is 0 Å². The summed E-state index contributed by atoms with van der Waals surface area (Å²) in [4.78, 5) is 0. The normalized spacial score (nSPS) is 31.4. The molecule has 3 heteroatoms. The van der Waals surface area contributed by atoms with Crippen molar-refractivity contribution in [2.75, 3.05) is 6.61 Å². The fourth-order valence-electron chi connectivity index (χ4n) is 3.02. The van der Waals surface area contributed by atoms with Crippen LogP contribution in [-0.2, 0) is 4.74 Å². The number of rotatable bonds is 4. The van der Waals surface area contributed by atoms with Crippen molar-refractivity contribution in [1.29, 1.82) is 0 Å². The predicted molar refractivity (Wildman–Crippen MR) is 65.7 cm³/mol. The van der Waals surface area contributed by atoms with Crippen LogP contribution in [0.25, 0.3) is 0 Å². The largest absolute Gasteiger partial charge is 0.472 e. The second kappa shape index (κ2) is 5.23. The second-order valence-electron chi connectivity index (χ2n) is 5.16. The van der Waals surface area contributed by atoms with Crippen molar-refractivity contribution in [2.45, 2.75) is 51.2 Å². The molecule has 96 valence electrons. The zero-order valence-corrected chi connectivity index (χ0v) is 10.7. The van der Waals surface area contributed by atoms with E-state index < -0.39 is 11.7 Å². The number of hydrogen-bond donors (Lipinski definition) is 1. The van der Waals surface area contributed by atoms with Gasteiger partial charge in [0.15, 0.2) is 0 Å². The molecule has 0 aromatic carbocycles. The highest BCUT2D eigenvalue weighted by Gasteiger charge is 2.43. The zero-order chi connectivity index (χ0) is 12.3. The average Bonchev–Trinajstić information content (AvgIpc) is 2.81. The molecule has 1 aliphatic carbocycles. The van der Waals surface area contributed by atoms with Crippen molar-refractivity contribution in [3.8, 4) is 0 Å². The highest BCUT2D eigenvalue weighted by molar-refractivity contribution is 5.15. The lowest BCUT2D eigenvalue weighted by Gasteiger charge is -2.42. The summed E-state index contributed by atoms with van der Waals surface area (Å²) in [5.41, 5.74) is 0.406. The van der Waals surface area contributed by atoms with Gasteiger partial charge in [0.05, 0.1) is 18.1 Å². The fraction of sp³-hybridized carbons (Fsp3) is 0.714. The Labute approximate surface area is 103 Å². The van der Waals surface area contributed by atoms with Crippen molar-refractivity contribution < 1.29 is 14.3 Å². The Morgan fingerprint density at radius 1 is 1.65 bits per heavy atom. The standard InChI is InChI=1S/C14H22O3/c1-3-17-14(7-4-5-11(2)9-14)13(15)12-6-8-16-10-12/h6,8,10-11,13,15H,3-5,7,9H2,1-2H3. The minimum absolute atomic E-state index is 0.420. The van der Waals surface area contributed by atoms with E-state index in [1.54, 1.807) is 12.5 Å². The monoisotopic (exact) mass is 238 g/mol. The molecule has 1 fully saturated rings. The Bertz CT molecular complexity index is 329. The number of furan rings is 1.